The minimum absolute atomic E-state index is 0.0331. The van der Waals surface area contributed by atoms with Gasteiger partial charge >= 0.3 is 0 Å². The molecule has 0 spiro atoms. The molecule has 0 atom stereocenters. The number of carbonyl (C=O) groups is 1. The van der Waals surface area contributed by atoms with Crippen LogP contribution in [-0.4, -0.2) is 45.0 Å². The number of carbonyl (C=O) groups excluding carboxylic acids is 1. The summed E-state index contributed by atoms with van der Waals surface area (Å²) >= 11 is 0. The number of hydrogen-bond donors (Lipinski definition) is 0. The third-order valence-corrected chi connectivity index (χ3v) is 4.58. The third kappa shape index (κ3) is 3.69. The minimum Gasteiger partial charge on any atom is -0.491 e. The zero-order valence-corrected chi connectivity index (χ0v) is 15.4. The number of amides is 1. The fourth-order valence-electron chi connectivity index (χ4n) is 3.12. The van der Waals surface area contributed by atoms with Crippen LogP contribution in [0.25, 0.3) is 11.3 Å². The van der Waals surface area contributed by atoms with Gasteiger partial charge in [-0.15, -0.1) is 5.10 Å². The number of ether oxygens (including phenoxy) is 1. The quantitative estimate of drug-likeness (QED) is 0.698. The monoisotopic (exact) mass is 362 g/mol. The molecule has 1 aliphatic heterocycles. The molecular formula is C21H22N4O2. The molecule has 0 radical (unpaired) electrons. The molecule has 4 rings (SSSR count). The molecule has 0 N–H and O–H groups in total. The zero-order valence-electron chi connectivity index (χ0n) is 15.4. The standard InChI is InChI=1S/C21H22N4O2/c1-15(2)27-19-10-8-17(9-11-19)21(26)24-12-18(13-24)25-14-20(22-23-25)16-6-4-3-5-7-16/h3-11,14-15,18H,12-13H2,1-2H3. The van der Waals surface area contributed by atoms with E-state index in [-0.39, 0.29) is 18.1 Å². The highest BCUT2D eigenvalue weighted by Crippen LogP contribution is 2.25. The second-order valence-corrected chi connectivity index (χ2v) is 7.00. The van der Waals surface area contributed by atoms with Crippen LogP contribution in [0, 0.1) is 0 Å². The Morgan fingerprint density at radius 1 is 1.07 bits per heavy atom. The van der Waals surface area contributed by atoms with Crippen molar-refractivity contribution in [1.29, 1.82) is 0 Å². The summed E-state index contributed by atoms with van der Waals surface area (Å²) in [6.07, 6.45) is 2.06. The summed E-state index contributed by atoms with van der Waals surface area (Å²) in [6.45, 7) is 5.24. The molecule has 1 saturated heterocycles. The van der Waals surface area contributed by atoms with Crippen LogP contribution in [0.1, 0.15) is 30.2 Å². The van der Waals surface area contributed by atoms with E-state index >= 15 is 0 Å². The summed E-state index contributed by atoms with van der Waals surface area (Å²) in [7, 11) is 0. The fourth-order valence-corrected chi connectivity index (χ4v) is 3.12. The molecule has 138 valence electrons. The second kappa shape index (κ2) is 7.23. The van der Waals surface area contributed by atoms with E-state index in [1.165, 1.54) is 0 Å². The Morgan fingerprint density at radius 2 is 1.78 bits per heavy atom. The Kier molecular flexibility index (Phi) is 4.62. The van der Waals surface area contributed by atoms with Crippen molar-refractivity contribution in [3.05, 3.63) is 66.4 Å². The summed E-state index contributed by atoms with van der Waals surface area (Å²) < 4.78 is 7.47. The smallest absolute Gasteiger partial charge is 0.254 e. The third-order valence-electron chi connectivity index (χ3n) is 4.58. The lowest BCUT2D eigenvalue weighted by Crippen LogP contribution is -2.50. The average molecular weight is 362 g/mol. The number of benzene rings is 2. The minimum atomic E-state index is 0.0331. The van der Waals surface area contributed by atoms with E-state index in [2.05, 4.69) is 10.3 Å². The molecule has 6 nitrogen and oxygen atoms in total. The molecule has 1 amide bonds. The molecule has 1 fully saturated rings. The molecule has 27 heavy (non-hydrogen) atoms. The predicted octanol–water partition coefficient (Wildman–Crippen LogP) is 3.43. The maximum atomic E-state index is 12.6. The van der Waals surface area contributed by atoms with Crippen molar-refractivity contribution in [2.45, 2.75) is 26.0 Å². The van der Waals surface area contributed by atoms with Gasteiger partial charge in [0.05, 0.1) is 18.3 Å². The first-order valence-corrected chi connectivity index (χ1v) is 9.13. The van der Waals surface area contributed by atoms with Crippen molar-refractivity contribution >= 4 is 5.91 Å². The molecule has 1 aliphatic rings. The summed E-state index contributed by atoms with van der Waals surface area (Å²) in [4.78, 5) is 14.4. The Morgan fingerprint density at radius 3 is 2.44 bits per heavy atom. The van der Waals surface area contributed by atoms with Crippen LogP contribution in [0.2, 0.25) is 0 Å². The maximum Gasteiger partial charge on any atom is 0.254 e. The maximum absolute atomic E-state index is 12.6. The first-order valence-electron chi connectivity index (χ1n) is 9.13. The van der Waals surface area contributed by atoms with Gasteiger partial charge in [0.25, 0.3) is 5.91 Å². The number of likely N-dealkylation sites (tertiary alicyclic amines) is 1. The summed E-state index contributed by atoms with van der Waals surface area (Å²) in [5.74, 6) is 0.810. The molecule has 3 aromatic rings. The van der Waals surface area contributed by atoms with E-state index in [0.29, 0.717) is 18.7 Å². The second-order valence-electron chi connectivity index (χ2n) is 7.00. The Balaban J connectivity index is 1.36. The van der Waals surface area contributed by atoms with Crippen molar-refractivity contribution in [1.82, 2.24) is 19.9 Å². The molecule has 1 aromatic heterocycles. The topological polar surface area (TPSA) is 60.2 Å². The molecule has 0 aliphatic carbocycles. The Bertz CT molecular complexity index is 913. The SMILES string of the molecule is CC(C)Oc1ccc(C(=O)N2CC(n3cc(-c4ccccc4)nn3)C2)cc1. The van der Waals surface area contributed by atoms with Crippen LogP contribution in [0.4, 0.5) is 0 Å². The lowest BCUT2D eigenvalue weighted by molar-refractivity contribution is 0.0498. The summed E-state index contributed by atoms with van der Waals surface area (Å²) in [5.41, 5.74) is 2.56. The van der Waals surface area contributed by atoms with Crippen molar-refractivity contribution in [3.8, 4) is 17.0 Å². The zero-order chi connectivity index (χ0) is 18.8. The average Bonchev–Trinajstić information content (AvgIpc) is 3.11. The highest BCUT2D eigenvalue weighted by atomic mass is 16.5. The van der Waals surface area contributed by atoms with Gasteiger partial charge < -0.3 is 9.64 Å². The van der Waals surface area contributed by atoms with Gasteiger partial charge in [-0.1, -0.05) is 35.5 Å². The normalized spacial score (nSPS) is 14.3. The first kappa shape index (κ1) is 17.3. The highest BCUT2D eigenvalue weighted by molar-refractivity contribution is 5.94. The van der Waals surface area contributed by atoms with Crippen LogP contribution in [0.3, 0.4) is 0 Å². The van der Waals surface area contributed by atoms with Gasteiger partial charge in [0.2, 0.25) is 0 Å². The lowest BCUT2D eigenvalue weighted by atomic mass is 10.1. The van der Waals surface area contributed by atoms with Crippen molar-refractivity contribution in [2.75, 3.05) is 13.1 Å². The van der Waals surface area contributed by atoms with Crippen LogP contribution < -0.4 is 4.74 Å². The lowest BCUT2D eigenvalue weighted by Gasteiger charge is -2.38. The van der Waals surface area contributed by atoms with Gasteiger partial charge in [-0.2, -0.15) is 0 Å². The van der Waals surface area contributed by atoms with Crippen LogP contribution in [0.5, 0.6) is 5.75 Å². The number of nitrogens with zero attached hydrogens (tertiary/aromatic N) is 4. The Labute approximate surface area is 158 Å². The van der Waals surface area contributed by atoms with E-state index in [1.807, 2.05) is 84.2 Å². The number of hydrogen-bond acceptors (Lipinski definition) is 4. The summed E-state index contributed by atoms with van der Waals surface area (Å²) in [6, 6.07) is 17.4. The van der Waals surface area contributed by atoms with Gasteiger partial charge in [0.15, 0.2) is 0 Å². The van der Waals surface area contributed by atoms with Crippen molar-refractivity contribution in [2.24, 2.45) is 0 Å². The van der Waals surface area contributed by atoms with Crippen molar-refractivity contribution < 1.29 is 9.53 Å². The van der Waals surface area contributed by atoms with E-state index in [1.54, 1.807) is 0 Å². The van der Waals surface area contributed by atoms with Gasteiger partial charge in [0, 0.05) is 24.2 Å². The molecule has 0 saturated carbocycles. The van der Waals surface area contributed by atoms with E-state index in [4.69, 9.17) is 4.74 Å². The predicted molar refractivity (Wildman–Crippen MR) is 103 cm³/mol. The van der Waals surface area contributed by atoms with Crippen molar-refractivity contribution in [3.63, 3.8) is 0 Å². The van der Waals surface area contributed by atoms with Crippen LogP contribution >= 0.6 is 0 Å². The Hall–Kier alpha value is -3.15. The molecule has 6 heteroatoms. The van der Waals surface area contributed by atoms with E-state index in [9.17, 15) is 4.79 Å². The molecule has 2 aromatic carbocycles. The van der Waals surface area contributed by atoms with Gasteiger partial charge in [-0.25, -0.2) is 4.68 Å². The summed E-state index contributed by atoms with van der Waals surface area (Å²) in [5, 5.41) is 8.48. The van der Waals surface area contributed by atoms with Gasteiger partial charge in [-0.05, 0) is 38.1 Å². The number of aromatic nitrogens is 3. The number of rotatable bonds is 5. The van der Waals surface area contributed by atoms with Crippen LogP contribution in [0.15, 0.2) is 60.8 Å². The molecule has 0 bridgehead atoms. The van der Waals surface area contributed by atoms with Gasteiger partial charge in [-0.3, -0.25) is 4.79 Å². The molecular weight excluding hydrogens is 340 g/mol. The fraction of sp³-hybridized carbons (Fsp3) is 0.286. The largest absolute Gasteiger partial charge is 0.491 e. The molecule has 2 heterocycles. The first-order chi connectivity index (χ1) is 13.1. The van der Waals surface area contributed by atoms with Crippen LogP contribution in [-0.2, 0) is 0 Å². The highest BCUT2D eigenvalue weighted by Gasteiger charge is 2.33. The van der Waals surface area contributed by atoms with E-state index in [0.717, 1.165) is 17.0 Å². The van der Waals surface area contributed by atoms with Gasteiger partial charge in [0.1, 0.15) is 11.4 Å². The van der Waals surface area contributed by atoms with E-state index < -0.39 is 0 Å². The molecule has 0 unspecified atom stereocenters.